The molecule has 2 aromatic rings. The number of thioether (sulfide) groups is 1. The summed E-state index contributed by atoms with van der Waals surface area (Å²) >= 11 is 1.02. The number of rotatable bonds is 5. The van der Waals surface area contributed by atoms with Crippen molar-refractivity contribution in [2.45, 2.75) is 22.9 Å². The fraction of sp³-hybridized carbons (Fsp3) is 0.214. The molecule has 0 amide bonds. The monoisotopic (exact) mass is 315 g/mol. The van der Waals surface area contributed by atoms with Crippen LogP contribution in [0.25, 0.3) is 0 Å². The van der Waals surface area contributed by atoms with E-state index < -0.39 is 16.8 Å². The van der Waals surface area contributed by atoms with Crippen molar-refractivity contribution >= 4 is 17.7 Å². The number of hydrogen-bond donors (Lipinski definition) is 2. The second-order valence-electron chi connectivity index (χ2n) is 4.63. The number of pyridine rings is 1. The van der Waals surface area contributed by atoms with Gasteiger partial charge in [0.15, 0.2) is 5.16 Å². The van der Waals surface area contributed by atoms with Crippen molar-refractivity contribution in [3.05, 3.63) is 48.0 Å². The second kappa shape index (κ2) is 6.51. The molecule has 0 aliphatic rings. The van der Waals surface area contributed by atoms with Gasteiger partial charge in [-0.2, -0.15) is 5.26 Å². The van der Waals surface area contributed by atoms with Crippen molar-refractivity contribution in [3.63, 3.8) is 0 Å². The third-order valence-electron chi connectivity index (χ3n) is 3.20. The van der Waals surface area contributed by atoms with Gasteiger partial charge in [-0.05, 0) is 19.1 Å². The molecule has 3 N–H and O–H groups in total. The van der Waals surface area contributed by atoms with Crippen LogP contribution in [0.2, 0.25) is 0 Å². The van der Waals surface area contributed by atoms with Crippen molar-refractivity contribution in [2.75, 3.05) is 0 Å². The van der Waals surface area contributed by atoms with Crippen molar-refractivity contribution in [1.82, 2.24) is 15.0 Å². The zero-order valence-corrected chi connectivity index (χ0v) is 12.5. The maximum absolute atomic E-state index is 11.7. The molecule has 112 valence electrons. The average Bonchev–Trinajstić information content (AvgIpc) is 2.55. The van der Waals surface area contributed by atoms with Crippen molar-refractivity contribution in [1.29, 1.82) is 5.26 Å². The highest BCUT2D eigenvalue weighted by atomic mass is 32.2. The first-order valence-corrected chi connectivity index (χ1v) is 7.15. The summed E-state index contributed by atoms with van der Waals surface area (Å²) in [6.07, 6.45) is 4.24. The summed E-state index contributed by atoms with van der Waals surface area (Å²) in [5, 5.41) is 17.8. The van der Waals surface area contributed by atoms with E-state index in [1.54, 1.807) is 18.2 Å². The van der Waals surface area contributed by atoms with E-state index in [1.807, 2.05) is 6.07 Å². The molecule has 0 radical (unpaired) electrons. The molecule has 0 saturated carbocycles. The first kappa shape index (κ1) is 15.9. The predicted molar refractivity (Wildman–Crippen MR) is 79.8 cm³/mol. The van der Waals surface area contributed by atoms with Crippen LogP contribution in [0.4, 0.5) is 0 Å². The molecule has 0 bridgehead atoms. The summed E-state index contributed by atoms with van der Waals surface area (Å²) in [5.74, 6) is -1.08. The number of hydrogen-bond acceptors (Lipinski definition) is 7. The highest BCUT2D eigenvalue weighted by Crippen LogP contribution is 2.33. The lowest BCUT2D eigenvalue weighted by Gasteiger charge is -2.29. The molecule has 2 rings (SSSR count). The second-order valence-corrected chi connectivity index (χ2v) is 5.74. The highest BCUT2D eigenvalue weighted by Gasteiger charge is 2.43. The number of nitriles is 1. The largest absolute Gasteiger partial charge is 0.480 e. The number of nitrogens with zero attached hydrogens (tertiary/aromatic N) is 4. The Kier molecular flexibility index (Phi) is 4.70. The minimum atomic E-state index is -1.40. The van der Waals surface area contributed by atoms with Crippen LogP contribution < -0.4 is 5.73 Å². The van der Waals surface area contributed by atoms with E-state index in [9.17, 15) is 9.90 Å². The van der Waals surface area contributed by atoms with Gasteiger partial charge >= 0.3 is 5.97 Å². The van der Waals surface area contributed by atoms with Crippen LogP contribution in [0, 0.1) is 11.3 Å². The standard InChI is InChI=1S/C14H13N5O2S/c1-14(12(20)21,10-4-2-3-5-17-10)11(16)22-13-18-7-9(6-15)8-19-13/h2-5,7-8,11H,16H2,1H3,(H,20,21). The molecule has 0 spiro atoms. The minimum Gasteiger partial charge on any atom is -0.480 e. The summed E-state index contributed by atoms with van der Waals surface area (Å²) < 4.78 is 0. The third kappa shape index (κ3) is 3.05. The molecular formula is C14H13N5O2S. The zero-order chi connectivity index (χ0) is 16.2. The van der Waals surface area contributed by atoms with Gasteiger partial charge in [-0.25, -0.2) is 9.97 Å². The van der Waals surface area contributed by atoms with Crippen LogP contribution in [0.15, 0.2) is 41.9 Å². The Bertz CT molecular complexity index is 701. The average molecular weight is 315 g/mol. The Hall–Kier alpha value is -2.50. The van der Waals surface area contributed by atoms with Gasteiger partial charge in [0, 0.05) is 18.6 Å². The quantitative estimate of drug-likeness (QED) is 0.478. The highest BCUT2D eigenvalue weighted by molar-refractivity contribution is 7.99. The lowest BCUT2D eigenvalue weighted by molar-refractivity contribution is -0.143. The van der Waals surface area contributed by atoms with Crippen molar-refractivity contribution in [3.8, 4) is 6.07 Å². The Labute approximate surface area is 131 Å². The number of aromatic nitrogens is 3. The predicted octanol–water partition coefficient (Wildman–Crippen LogP) is 1.16. The van der Waals surface area contributed by atoms with E-state index in [2.05, 4.69) is 15.0 Å². The summed E-state index contributed by atoms with van der Waals surface area (Å²) in [6.45, 7) is 1.51. The molecule has 0 fully saturated rings. The summed E-state index contributed by atoms with van der Waals surface area (Å²) in [5.41, 5.74) is 5.37. The van der Waals surface area contributed by atoms with Crippen LogP contribution in [-0.2, 0) is 10.2 Å². The SMILES string of the molecule is CC(C(=O)O)(c1ccccn1)C(N)Sc1ncc(C#N)cn1. The lowest BCUT2D eigenvalue weighted by atomic mass is 9.86. The number of carboxylic acids is 1. The van der Waals surface area contributed by atoms with Gasteiger partial charge in [0.05, 0.1) is 16.6 Å². The summed E-state index contributed by atoms with van der Waals surface area (Å²) in [4.78, 5) is 23.8. The van der Waals surface area contributed by atoms with Gasteiger partial charge in [0.1, 0.15) is 11.5 Å². The first-order chi connectivity index (χ1) is 10.5. The Balaban J connectivity index is 2.29. The molecule has 2 heterocycles. The topological polar surface area (TPSA) is 126 Å². The third-order valence-corrected chi connectivity index (χ3v) is 4.35. The molecule has 8 heteroatoms. The van der Waals surface area contributed by atoms with Gasteiger partial charge in [-0.15, -0.1) is 0 Å². The van der Waals surface area contributed by atoms with Gasteiger partial charge in [-0.1, -0.05) is 17.8 Å². The van der Waals surface area contributed by atoms with E-state index in [0.29, 0.717) is 16.4 Å². The molecule has 0 aliphatic heterocycles. The molecule has 0 aromatic carbocycles. The molecule has 0 saturated heterocycles. The molecule has 2 atom stereocenters. The Morgan fingerprint density at radius 2 is 2.09 bits per heavy atom. The normalized spacial score (nSPS) is 14.6. The summed E-state index contributed by atoms with van der Waals surface area (Å²) in [6, 6.07) is 6.94. The van der Waals surface area contributed by atoms with Gasteiger partial charge in [0.2, 0.25) is 0 Å². The lowest BCUT2D eigenvalue weighted by Crippen LogP contribution is -2.47. The maximum Gasteiger partial charge on any atom is 0.317 e. The smallest absolute Gasteiger partial charge is 0.317 e. The van der Waals surface area contributed by atoms with Gasteiger partial charge < -0.3 is 10.8 Å². The zero-order valence-electron chi connectivity index (χ0n) is 11.7. The van der Waals surface area contributed by atoms with Crippen molar-refractivity contribution < 1.29 is 9.90 Å². The number of nitrogens with two attached hydrogens (primary N) is 1. The van der Waals surface area contributed by atoms with E-state index in [4.69, 9.17) is 11.0 Å². The Morgan fingerprint density at radius 3 is 2.59 bits per heavy atom. The van der Waals surface area contributed by atoms with Crippen LogP contribution in [0.5, 0.6) is 0 Å². The van der Waals surface area contributed by atoms with E-state index >= 15 is 0 Å². The van der Waals surface area contributed by atoms with E-state index in [1.165, 1.54) is 25.5 Å². The number of aliphatic carboxylic acids is 1. The maximum atomic E-state index is 11.7. The van der Waals surface area contributed by atoms with E-state index in [-0.39, 0.29) is 0 Å². The minimum absolute atomic E-state index is 0.301. The summed E-state index contributed by atoms with van der Waals surface area (Å²) in [7, 11) is 0. The number of carbonyl (C=O) groups is 1. The van der Waals surface area contributed by atoms with Crippen molar-refractivity contribution in [2.24, 2.45) is 5.73 Å². The van der Waals surface area contributed by atoms with Crippen LogP contribution >= 0.6 is 11.8 Å². The fourth-order valence-electron chi connectivity index (χ4n) is 1.71. The molecule has 2 aromatic heterocycles. The molecule has 2 unspecified atom stereocenters. The van der Waals surface area contributed by atoms with Gasteiger partial charge in [0.25, 0.3) is 0 Å². The molecule has 22 heavy (non-hydrogen) atoms. The van der Waals surface area contributed by atoms with Crippen LogP contribution in [-0.4, -0.2) is 31.4 Å². The van der Waals surface area contributed by atoms with Crippen LogP contribution in [0.1, 0.15) is 18.2 Å². The molecule has 7 nitrogen and oxygen atoms in total. The fourth-order valence-corrected chi connectivity index (χ4v) is 2.62. The first-order valence-electron chi connectivity index (χ1n) is 6.27. The number of carboxylic acid groups (broad SMARTS) is 1. The molecule has 0 aliphatic carbocycles. The van der Waals surface area contributed by atoms with Crippen LogP contribution in [0.3, 0.4) is 0 Å². The Morgan fingerprint density at radius 1 is 1.41 bits per heavy atom. The van der Waals surface area contributed by atoms with Gasteiger partial charge in [-0.3, -0.25) is 9.78 Å². The van der Waals surface area contributed by atoms with E-state index in [0.717, 1.165) is 11.8 Å². The molecular weight excluding hydrogens is 302 g/mol.